The Labute approximate surface area is 147 Å². The Kier molecular flexibility index (Phi) is 4.22. The van der Waals surface area contributed by atoms with Gasteiger partial charge in [0.1, 0.15) is 0 Å². The first-order valence-electron chi connectivity index (χ1n) is 8.93. The average Bonchev–Trinajstić information content (AvgIpc) is 3.00. The second-order valence-electron chi connectivity index (χ2n) is 6.74. The molecule has 2 heterocycles. The van der Waals surface area contributed by atoms with Crippen LogP contribution in [-0.4, -0.2) is 20.3 Å². The number of anilines is 1. The monoisotopic (exact) mass is 334 g/mol. The zero-order valence-corrected chi connectivity index (χ0v) is 14.4. The van der Waals surface area contributed by atoms with Gasteiger partial charge in [-0.1, -0.05) is 31.4 Å². The summed E-state index contributed by atoms with van der Waals surface area (Å²) in [5.41, 5.74) is 3.76. The third kappa shape index (κ3) is 3.14. The predicted molar refractivity (Wildman–Crippen MR) is 98.4 cm³/mol. The Morgan fingerprint density at radius 2 is 2.04 bits per heavy atom. The fourth-order valence-electron chi connectivity index (χ4n) is 3.63. The number of carbonyl (C=O) groups excluding carboxylic acids is 1. The van der Waals surface area contributed by atoms with Crippen LogP contribution < -0.4 is 5.32 Å². The summed E-state index contributed by atoms with van der Waals surface area (Å²) in [5.74, 6) is 0.982. The van der Waals surface area contributed by atoms with Gasteiger partial charge in [-0.3, -0.25) is 9.20 Å². The minimum atomic E-state index is 0.144. The maximum absolute atomic E-state index is 12.5. The molecule has 0 aliphatic heterocycles. The number of aromatic nitrogens is 3. The van der Waals surface area contributed by atoms with Gasteiger partial charge < -0.3 is 5.32 Å². The van der Waals surface area contributed by atoms with Crippen molar-refractivity contribution in [1.29, 1.82) is 0 Å². The van der Waals surface area contributed by atoms with Crippen molar-refractivity contribution >= 4 is 17.4 Å². The predicted octanol–water partition coefficient (Wildman–Crippen LogP) is 4.22. The van der Waals surface area contributed by atoms with Crippen LogP contribution >= 0.6 is 0 Å². The van der Waals surface area contributed by atoms with E-state index in [-0.39, 0.29) is 11.8 Å². The van der Waals surface area contributed by atoms with Gasteiger partial charge in [-0.15, -0.1) is 0 Å². The molecule has 1 saturated carbocycles. The SMILES string of the molecule is Cc1c(-c2cccc(NC(=O)C3CCCCC3)c2)nc2ncccn12. The maximum atomic E-state index is 12.5. The number of hydrogen-bond acceptors (Lipinski definition) is 3. The summed E-state index contributed by atoms with van der Waals surface area (Å²) in [6.07, 6.45) is 9.28. The van der Waals surface area contributed by atoms with Gasteiger partial charge in [0.15, 0.2) is 0 Å². The molecular weight excluding hydrogens is 312 g/mol. The highest BCUT2D eigenvalue weighted by molar-refractivity contribution is 5.93. The molecule has 128 valence electrons. The Morgan fingerprint density at radius 3 is 2.84 bits per heavy atom. The molecular formula is C20H22N4O. The molecule has 0 atom stereocenters. The van der Waals surface area contributed by atoms with Crippen LogP contribution in [0.4, 0.5) is 5.69 Å². The molecule has 1 aliphatic carbocycles. The molecule has 0 unspecified atom stereocenters. The molecule has 2 aromatic heterocycles. The van der Waals surface area contributed by atoms with Gasteiger partial charge in [0.05, 0.1) is 5.69 Å². The van der Waals surface area contributed by atoms with Crippen LogP contribution in [0.3, 0.4) is 0 Å². The largest absolute Gasteiger partial charge is 0.326 e. The summed E-state index contributed by atoms with van der Waals surface area (Å²) in [5, 5.41) is 3.09. The van der Waals surface area contributed by atoms with Crippen LogP contribution in [0.2, 0.25) is 0 Å². The molecule has 5 nitrogen and oxygen atoms in total. The Morgan fingerprint density at radius 1 is 1.20 bits per heavy atom. The second kappa shape index (κ2) is 6.67. The van der Waals surface area contributed by atoms with Crippen molar-refractivity contribution in [2.45, 2.75) is 39.0 Å². The third-order valence-corrected chi connectivity index (χ3v) is 5.02. The van der Waals surface area contributed by atoms with E-state index in [0.717, 1.165) is 48.3 Å². The summed E-state index contributed by atoms with van der Waals surface area (Å²) in [6, 6.07) is 9.81. The molecule has 5 heteroatoms. The lowest BCUT2D eigenvalue weighted by Gasteiger charge is -2.20. The number of benzene rings is 1. The number of aryl methyl sites for hydroxylation is 1. The van der Waals surface area contributed by atoms with Gasteiger partial charge in [-0.2, -0.15) is 0 Å². The lowest BCUT2D eigenvalue weighted by Crippen LogP contribution is -2.24. The molecule has 0 radical (unpaired) electrons. The number of hydrogen-bond donors (Lipinski definition) is 1. The van der Waals surface area contributed by atoms with Crippen LogP contribution in [-0.2, 0) is 4.79 Å². The van der Waals surface area contributed by atoms with Gasteiger partial charge >= 0.3 is 0 Å². The molecule has 25 heavy (non-hydrogen) atoms. The lowest BCUT2D eigenvalue weighted by atomic mass is 9.88. The first kappa shape index (κ1) is 15.8. The number of amides is 1. The minimum Gasteiger partial charge on any atom is -0.326 e. The van der Waals surface area contributed by atoms with Crippen LogP contribution in [0.5, 0.6) is 0 Å². The summed E-state index contributed by atoms with van der Waals surface area (Å²) in [4.78, 5) is 21.4. The number of nitrogens with one attached hydrogen (secondary N) is 1. The zero-order chi connectivity index (χ0) is 17.2. The number of imidazole rings is 1. The van der Waals surface area contributed by atoms with E-state index in [4.69, 9.17) is 0 Å². The molecule has 0 bridgehead atoms. The molecule has 1 aliphatic rings. The Hall–Kier alpha value is -2.69. The minimum absolute atomic E-state index is 0.144. The van der Waals surface area contributed by atoms with E-state index in [2.05, 4.69) is 15.3 Å². The van der Waals surface area contributed by atoms with Crippen molar-refractivity contribution in [3.05, 3.63) is 48.4 Å². The van der Waals surface area contributed by atoms with E-state index in [1.54, 1.807) is 6.20 Å². The normalized spacial score (nSPS) is 15.4. The summed E-state index contributed by atoms with van der Waals surface area (Å²) in [7, 11) is 0. The first-order valence-corrected chi connectivity index (χ1v) is 8.93. The standard InChI is InChI=1S/C20H22N4O/c1-14-18(23-20-21-11-6-12-24(14)20)16-9-5-10-17(13-16)22-19(25)15-7-3-2-4-8-15/h5-6,9-13,15H,2-4,7-8H2,1H3,(H,22,25). The van der Waals surface area contributed by atoms with Crippen molar-refractivity contribution in [2.24, 2.45) is 5.92 Å². The average molecular weight is 334 g/mol. The molecule has 4 rings (SSSR count). The first-order chi connectivity index (χ1) is 12.2. The molecule has 1 amide bonds. The van der Waals surface area contributed by atoms with Gasteiger partial charge in [0, 0.05) is 35.3 Å². The highest BCUT2D eigenvalue weighted by atomic mass is 16.1. The fraction of sp³-hybridized carbons (Fsp3) is 0.350. The van der Waals surface area contributed by atoms with Crippen molar-refractivity contribution < 1.29 is 4.79 Å². The number of rotatable bonds is 3. The molecule has 1 N–H and O–H groups in total. The third-order valence-electron chi connectivity index (χ3n) is 5.02. The van der Waals surface area contributed by atoms with Crippen LogP contribution in [0.1, 0.15) is 37.8 Å². The van der Waals surface area contributed by atoms with E-state index in [0.29, 0.717) is 5.78 Å². The smallest absolute Gasteiger partial charge is 0.234 e. The van der Waals surface area contributed by atoms with Crippen molar-refractivity contribution in [3.63, 3.8) is 0 Å². The van der Waals surface area contributed by atoms with E-state index in [9.17, 15) is 4.79 Å². The number of carbonyl (C=O) groups is 1. The van der Waals surface area contributed by atoms with Gasteiger partial charge in [0.25, 0.3) is 0 Å². The molecule has 3 aromatic rings. The molecule has 0 spiro atoms. The number of nitrogens with zero attached hydrogens (tertiary/aromatic N) is 3. The van der Waals surface area contributed by atoms with E-state index in [1.807, 2.05) is 47.9 Å². The second-order valence-corrected chi connectivity index (χ2v) is 6.74. The molecule has 0 saturated heterocycles. The number of fused-ring (bicyclic) bond motifs is 1. The van der Waals surface area contributed by atoms with E-state index in [1.165, 1.54) is 6.42 Å². The molecule has 1 fully saturated rings. The van der Waals surface area contributed by atoms with Crippen molar-refractivity contribution in [3.8, 4) is 11.3 Å². The van der Waals surface area contributed by atoms with Crippen LogP contribution in [0.25, 0.3) is 17.0 Å². The summed E-state index contributed by atoms with van der Waals surface area (Å²) >= 11 is 0. The van der Waals surface area contributed by atoms with Crippen molar-refractivity contribution in [1.82, 2.24) is 14.4 Å². The quantitative estimate of drug-likeness (QED) is 0.780. The highest BCUT2D eigenvalue weighted by Gasteiger charge is 2.21. The van der Waals surface area contributed by atoms with Gasteiger partial charge in [-0.25, -0.2) is 9.97 Å². The summed E-state index contributed by atoms with van der Waals surface area (Å²) in [6.45, 7) is 2.03. The Bertz CT molecular complexity index is 909. The van der Waals surface area contributed by atoms with Crippen LogP contribution in [0, 0.1) is 12.8 Å². The maximum Gasteiger partial charge on any atom is 0.234 e. The fourth-order valence-corrected chi connectivity index (χ4v) is 3.63. The lowest BCUT2D eigenvalue weighted by molar-refractivity contribution is -0.120. The van der Waals surface area contributed by atoms with E-state index < -0.39 is 0 Å². The topological polar surface area (TPSA) is 59.3 Å². The van der Waals surface area contributed by atoms with Gasteiger partial charge in [0.2, 0.25) is 11.7 Å². The highest BCUT2D eigenvalue weighted by Crippen LogP contribution is 2.28. The van der Waals surface area contributed by atoms with Crippen LogP contribution in [0.15, 0.2) is 42.7 Å². The van der Waals surface area contributed by atoms with Gasteiger partial charge in [-0.05, 0) is 38.0 Å². The molecule has 1 aromatic carbocycles. The Balaban J connectivity index is 1.60. The van der Waals surface area contributed by atoms with Crippen molar-refractivity contribution in [2.75, 3.05) is 5.32 Å². The zero-order valence-electron chi connectivity index (χ0n) is 14.4. The summed E-state index contributed by atoms with van der Waals surface area (Å²) < 4.78 is 1.97. The van der Waals surface area contributed by atoms with E-state index >= 15 is 0 Å².